The van der Waals surface area contributed by atoms with Crippen LogP contribution in [0.15, 0.2) is 126 Å². The Balaban J connectivity index is 0.000000771. The summed E-state index contributed by atoms with van der Waals surface area (Å²) in [6.45, 7) is 9.37. The van der Waals surface area contributed by atoms with Gasteiger partial charge in [0.15, 0.2) is 0 Å². The number of allylic oxidation sites excluding steroid dienone is 6. The zero-order valence-corrected chi connectivity index (χ0v) is 24.9. The molecule has 4 rings (SSSR count). The predicted octanol–water partition coefficient (Wildman–Crippen LogP) is 6.67. The largest absolute Gasteiger partial charge is 0.759 e. The molecule has 3 aromatic rings. The van der Waals surface area contributed by atoms with E-state index >= 15 is 0 Å². The summed E-state index contributed by atoms with van der Waals surface area (Å²) in [6.07, 6.45) is 12.1. The third-order valence-electron chi connectivity index (χ3n) is 7.33. The lowest BCUT2D eigenvalue weighted by Crippen LogP contribution is -2.33. The minimum atomic E-state index is -5.17. The van der Waals surface area contributed by atoms with Crippen LogP contribution in [0.3, 0.4) is 0 Å². The summed E-state index contributed by atoms with van der Waals surface area (Å²) in [5, 5.41) is 4.31. The second-order valence-electron chi connectivity index (χ2n) is 10.6. The lowest BCUT2D eigenvalue weighted by Gasteiger charge is -2.33. The van der Waals surface area contributed by atoms with E-state index in [1.54, 1.807) is 5.57 Å². The number of hydrogen-bond donors (Lipinski definition) is 0. The average molecular weight is 562 g/mol. The molecule has 39 heavy (non-hydrogen) atoms. The smallest absolute Gasteiger partial charge is 0.115 e. The molecule has 1 aliphatic carbocycles. The molecule has 6 heteroatoms. The molecular formula is C33H38O4PS-. The summed E-state index contributed by atoms with van der Waals surface area (Å²) in [5.41, 5.74) is 4.70. The van der Waals surface area contributed by atoms with E-state index < -0.39 is 17.7 Å². The first-order chi connectivity index (χ1) is 18.4. The maximum absolute atomic E-state index is 8.52. The van der Waals surface area contributed by atoms with Crippen molar-refractivity contribution in [3.63, 3.8) is 0 Å². The molecule has 0 fully saturated rings. The molecular weight excluding hydrogens is 523 g/mol. The van der Waals surface area contributed by atoms with Gasteiger partial charge in [0.05, 0.1) is 6.16 Å². The van der Waals surface area contributed by atoms with Crippen LogP contribution in [0.4, 0.5) is 0 Å². The Morgan fingerprint density at radius 2 is 1.26 bits per heavy atom. The molecule has 0 unspecified atom stereocenters. The van der Waals surface area contributed by atoms with Crippen molar-refractivity contribution < 1.29 is 17.5 Å². The summed E-state index contributed by atoms with van der Waals surface area (Å²) in [5.74, 6) is 0. The highest BCUT2D eigenvalue weighted by atomic mass is 32.3. The third kappa shape index (κ3) is 8.58. The van der Waals surface area contributed by atoms with Gasteiger partial charge >= 0.3 is 0 Å². The van der Waals surface area contributed by atoms with Crippen molar-refractivity contribution in [2.24, 2.45) is 5.41 Å². The van der Waals surface area contributed by atoms with E-state index in [2.05, 4.69) is 137 Å². The normalized spacial score (nSPS) is 16.1. The Hall–Kier alpha value is -2.82. The molecule has 0 saturated carbocycles. The van der Waals surface area contributed by atoms with Crippen molar-refractivity contribution in [3.8, 4) is 0 Å². The standard InChI is InChI=1S/C33H38P.H2O4S/c1-27(22-23-32-28(2)15-14-25-33(32,3)4)24-26-34(29-16-8-5-9-17-29,30-18-10-6-11-19-30)31-20-12-7-13-21-31;1-5(2,3)4/h5-13,16-24H,14-15,25-26H2,1-4H3;(H2,1,2,3,4)/q+1;/p-2/b23-22+,27-24+;. The van der Waals surface area contributed by atoms with Gasteiger partial charge in [0, 0.05) is 10.4 Å². The summed E-state index contributed by atoms with van der Waals surface area (Å²) < 4.78 is 34.1. The maximum Gasteiger partial charge on any atom is 0.115 e. The number of hydrogen-bond acceptors (Lipinski definition) is 4. The van der Waals surface area contributed by atoms with Crippen molar-refractivity contribution >= 4 is 33.6 Å². The van der Waals surface area contributed by atoms with Gasteiger partial charge in [-0.05, 0) is 86.6 Å². The molecule has 1 aliphatic rings. The number of benzene rings is 3. The van der Waals surface area contributed by atoms with Crippen molar-refractivity contribution in [2.45, 2.75) is 47.0 Å². The van der Waals surface area contributed by atoms with Crippen LogP contribution >= 0.6 is 7.26 Å². The molecule has 0 spiro atoms. The van der Waals surface area contributed by atoms with Crippen LogP contribution in [-0.2, 0) is 10.4 Å². The molecule has 4 nitrogen and oxygen atoms in total. The zero-order chi connectivity index (χ0) is 28.5. The van der Waals surface area contributed by atoms with Crippen molar-refractivity contribution in [1.82, 2.24) is 0 Å². The molecule has 0 bridgehead atoms. The van der Waals surface area contributed by atoms with E-state index in [-0.39, 0.29) is 5.41 Å². The van der Waals surface area contributed by atoms with E-state index in [4.69, 9.17) is 17.5 Å². The van der Waals surface area contributed by atoms with Gasteiger partial charge in [0.1, 0.15) is 23.2 Å². The minimum absolute atomic E-state index is 0.272. The van der Waals surface area contributed by atoms with E-state index in [1.807, 2.05) is 0 Å². The Kier molecular flexibility index (Phi) is 10.6. The second kappa shape index (κ2) is 13.5. The van der Waals surface area contributed by atoms with E-state index in [0.29, 0.717) is 0 Å². The highest BCUT2D eigenvalue weighted by molar-refractivity contribution is 7.95. The van der Waals surface area contributed by atoms with Crippen LogP contribution in [0.2, 0.25) is 0 Å². The molecule has 0 amide bonds. The van der Waals surface area contributed by atoms with Crippen molar-refractivity contribution in [1.29, 1.82) is 0 Å². The van der Waals surface area contributed by atoms with Crippen LogP contribution in [0.5, 0.6) is 0 Å². The molecule has 0 N–H and O–H groups in total. The average Bonchev–Trinajstić information content (AvgIpc) is 2.89. The van der Waals surface area contributed by atoms with Crippen LogP contribution in [0, 0.1) is 5.41 Å². The molecule has 0 radical (unpaired) electrons. The van der Waals surface area contributed by atoms with Crippen molar-refractivity contribution in [3.05, 3.63) is 126 Å². The van der Waals surface area contributed by atoms with Crippen LogP contribution in [0.25, 0.3) is 0 Å². The summed E-state index contributed by atoms with van der Waals surface area (Å²) in [6, 6.07) is 33.4. The van der Waals surface area contributed by atoms with Gasteiger partial charge in [-0.3, -0.25) is 8.42 Å². The zero-order valence-electron chi connectivity index (χ0n) is 23.2. The van der Waals surface area contributed by atoms with E-state index in [9.17, 15) is 0 Å². The predicted molar refractivity (Wildman–Crippen MR) is 164 cm³/mol. The minimum Gasteiger partial charge on any atom is -0.759 e. The quantitative estimate of drug-likeness (QED) is 0.140. The van der Waals surface area contributed by atoms with Gasteiger partial charge in [-0.1, -0.05) is 91.7 Å². The van der Waals surface area contributed by atoms with Gasteiger partial charge in [0.25, 0.3) is 0 Å². The summed E-state index contributed by atoms with van der Waals surface area (Å²) in [7, 11) is -6.99. The van der Waals surface area contributed by atoms with Gasteiger partial charge < -0.3 is 9.11 Å². The Labute approximate surface area is 235 Å². The first-order valence-electron chi connectivity index (χ1n) is 13.2. The molecule has 0 atom stereocenters. The molecule has 0 heterocycles. The second-order valence-corrected chi connectivity index (χ2v) is 15.0. The Bertz CT molecular complexity index is 1300. The maximum atomic E-state index is 8.52. The van der Waals surface area contributed by atoms with Crippen molar-refractivity contribution in [2.75, 3.05) is 6.16 Å². The van der Waals surface area contributed by atoms with Crippen LogP contribution in [0.1, 0.15) is 47.0 Å². The van der Waals surface area contributed by atoms with E-state index in [0.717, 1.165) is 6.16 Å². The molecule has 0 aliphatic heterocycles. The highest BCUT2D eigenvalue weighted by Gasteiger charge is 2.44. The van der Waals surface area contributed by atoms with Gasteiger partial charge in [-0.25, -0.2) is 0 Å². The number of rotatable bonds is 7. The lowest BCUT2D eigenvalue weighted by molar-refractivity contribution is 0.352. The highest BCUT2D eigenvalue weighted by Crippen LogP contribution is 2.55. The molecule has 3 aromatic carbocycles. The fourth-order valence-corrected chi connectivity index (χ4v) is 9.52. The van der Waals surface area contributed by atoms with Gasteiger partial charge in [-0.2, -0.15) is 0 Å². The summed E-state index contributed by atoms with van der Waals surface area (Å²) in [4.78, 5) is 0. The van der Waals surface area contributed by atoms with Gasteiger partial charge in [-0.15, -0.1) is 0 Å². The molecule has 0 saturated heterocycles. The monoisotopic (exact) mass is 561 g/mol. The topological polar surface area (TPSA) is 80.3 Å². The molecule has 0 aromatic heterocycles. The van der Waals surface area contributed by atoms with Crippen LogP contribution in [-0.4, -0.2) is 23.7 Å². The Morgan fingerprint density at radius 3 is 1.64 bits per heavy atom. The third-order valence-corrected chi connectivity index (χ3v) is 11.6. The molecule has 206 valence electrons. The lowest BCUT2D eigenvalue weighted by atomic mass is 9.72. The fourth-order valence-electron chi connectivity index (χ4n) is 5.38. The van der Waals surface area contributed by atoms with Gasteiger partial charge in [0.2, 0.25) is 0 Å². The SMILES string of the molecule is CC1=C(/C=C/C(C)=C/C[P+](c2ccccc2)(c2ccccc2)c2ccccc2)C(C)(C)CCC1.O=S(=O)([O-])[O-]. The first kappa shape index (κ1) is 30.7. The summed E-state index contributed by atoms with van der Waals surface area (Å²) >= 11 is 0. The van der Waals surface area contributed by atoms with E-state index in [1.165, 1.54) is 46.3 Å². The Morgan fingerprint density at radius 1 is 0.846 bits per heavy atom. The fraction of sp³-hybridized carbons (Fsp3) is 0.273. The van der Waals surface area contributed by atoms with Crippen LogP contribution < -0.4 is 15.9 Å². The first-order valence-corrected chi connectivity index (χ1v) is 16.5.